The van der Waals surface area contributed by atoms with E-state index in [-0.39, 0.29) is 18.9 Å². The van der Waals surface area contributed by atoms with Gasteiger partial charge in [0.1, 0.15) is 0 Å². The van der Waals surface area contributed by atoms with Crippen LogP contribution in [0.1, 0.15) is 21.5 Å². The number of hydrogen-bond acceptors (Lipinski definition) is 4. The van der Waals surface area contributed by atoms with Crippen LogP contribution in [-0.2, 0) is 27.3 Å². The Balaban J connectivity index is 1.92. The first-order valence-electron chi connectivity index (χ1n) is 9.38. The molecule has 0 spiro atoms. The molecule has 1 N–H and O–H groups in total. The Hall–Kier alpha value is -2.67. The van der Waals surface area contributed by atoms with Crippen molar-refractivity contribution in [3.05, 3.63) is 94.5 Å². The lowest BCUT2D eigenvalue weighted by molar-refractivity contribution is 0.0950. The summed E-state index contributed by atoms with van der Waals surface area (Å²) < 4.78 is 27.5. The van der Waals surface area contributed by atoms with Crippen LogP contribution in [0.4, 0.5) is 0 Å². The summed E-state index contributed by atoms with van der Waals surface area (Å²) in [5.74, 6) is -0.237. The molecule has 3 aromatic carbocycles. The lowest BCUT2D eigenvalue weighted by atomic mass is 9.93. The van der Waals surface area contributed by atoms with Gasteiger partial charge >= 0.3 is 0 Å². The van der Waals surface area contributed by atoms with Crippen LogP contribution in [0.25, 0.3) is 11.1 Å². The fourth-order valence-corrected chi connectivity index (χ4v) is 3.63. The molecule has 0 aliphatic rings. The summed E-state index contributed by atoms with van der Waals surface area (Å²) in [7, 11) is -3.56. The second kappa shape index (κ2) is 9.89. The third kappa shape index (κ3) is 6.16. The average molecular weight is 444 g/mol. The summed E-state index contributed by atoms with van der Waals surface area (Å²) in [6, 6.07) is 22.4. The summed E-state index contributed by atoms with van der Waals surface area (Å²) >= 11 is 6.01. The van der Waals surface area contributed by atoms with E-state index in [1.54, 1.807) is 12.1 Å². The van der Waals surface area contributed by atoms with Gasteiger partial charge in [0.15, 0.2) is 0 Å². The summed E-state index contributed by atoms with van der Waals surface area (Å²) in [5, 5.41) is 3.56. The Kier molecular flexibility index (Phi) is 7.26. The van der Waals surface area contributed by atoms with Crippen LogP contribution in [0.2, 0.25) is 5.02 Å². The largest absolute Gasteiger partial charge is 0.348 e. The van der Waals surface area contributed by atoms with Crippen molar-refractivity contribution >= 4 is 27.6 Å². The van der Waals surface area contributed by atoms with Crippen molar-refractivity contribution in [3.8, 4) is 11.1 Å². The number of carbonyl (C=O) groups is 1. The standard InChI is InChI=1S/C23H22ClNO4S/c1-30(27,28)29-15-14-19-8-5-9-21(18-10-12-20(24)13-11-18)22(19)23(26)25-16-17-6-3-2-4-7-17/h2-13H,14-16H2,1H3,(H,25,26). The third-order valence-corrected chi connectivity index (χ3v) is 5.34. The molecule has 3 aromatic rings. The van der Waals surface area contributed by atoms with Crippen molar-refractivity contribution in [2.45, 2.75) is 13.0 Å². The van der Waals surface area contributed by atoms with E-state index in [0.717, 1.165) is 22.9 Å². The number of halogens is 1. The van der Waals surface area contributed by atoms with Gasteiger partial charge in [0.2, 0.25) is 0 Å². The van der Waals surface area contributed by atoms with E-state index in [2.05, 4.69) is 5.32 Å². The van der Waals surface area contributed by atoms with Crippen LogP contribution in [0.15, 0.2) is 72.8 Å². The van der Waals surface area contributed by atoms with Gasteiger partial charge in [-0.2, -0.15) is 8.42 Å². The maximum absolute atomic E-state index is 13.2. The number of carbonyl (C=O) groups excluding carboxylic acids is 1. The van der Waals surface area contributed by atoms with Crippen LogP contribution in [0.5, 0.6) is 0 Å². The van der Waals surface area contributed by atoms with Gasteiger partial charge in [0, 0.05) is 11.6 Å². The smallest absolute Gasteiger partial charge is 0.264 e. The van der Waals surface area contributed by atoms with Crippen LogP contribution in [0.3, 0.4) is 0 Å². The topological polar surface area (TPSA) is 72.5 Å². The average Bonchev–Trinajstić information content (AvgIpc) is 2.72. The molecule has 0 aromatic heterocycles. The summed E-state index contributed by atoms with van der Waals surface area (Å²) in [6.07, 6.45) is 1.28. The summed E-state index contributed by atoms with van der Waals surface area (Å²) in [4.78, 5) is 13.2. The van der Waals surface area contributed by atoms with Crippen molar-refractivity contribution in [2.24, 2.45) is 0 Å². The predicted molar refractivity (Wildman–Crippen MR) is 119 cm³/mol. The SMILES string of the molecule is CS(=O)(=O)OCCc1cccc(-c2ccc(Cl)cc2)c1C(=O)NCc1ccccc1. The molecule has 3 rings (SSSR count). The minimum atomic E-state index is -3.56. The third-order valence-electron chi connectivity index (χ3n) is 4.50. The van der Waals surface area contributed by atoms with Gasteiger partial charge in [-0.05, 0) is 40.8 Å². The predicted octanol–water partition coefficient (Wildman–Crippen LogP) is 4.46. The number of rotatable bonds is 8. The van der Waals surface area contributed by atoms with Crippen molar-refractivity contribution in [3.63, 3.8) is 0 Å². The molecule has 30 heavy (non-hydrogen) atoms. The first-order valence-corrected chi connectivity index (χ1v) is 11.6. The second-order valence-corrected chi connectivity index (χ2v) is 8.87. The molecule has 0 aliphatic heterocycles. The Morgan fingerprint density at radius 3 is 2.33 bits per heavy atom. The van der Waals surface area contributed by atoms with E-state index in [1.165, 1.54) is 0 Å². The van der Waals surface area contributed by atoms with Crippen LogP contribution >= 0.6 is 11.6 Å². The molecule has 0 radical (unpaired) electrons. The van der Waals surface area contributed by atoms with E-state index >= 15 is 0 Å². The molecular weight excluding hydrogens is 422 g/mol. The maximum atomic E-state index is 13.2. The summed E-state index contributed by atoms with van der Waals surface area (Å²) in [6.45, 7) is 0.343. The first kappa shape index (κ1) is 22.0. The highest BCUT2D eigenvalue weighted by atomic mass is 35.5. The lowest BCUT2D eigenvalue weighted by Crippen LogP contribution is -2.25. The van der Waals surface area contributed by atoms with Crippen LogP contribution in [-0.4, -0.2) is 27.2 Å². The van der Waals surface area contributed by atoms with Gasteiger partial charge in [0.05, 0.1) is 18.4 Å². The Morgan fingerprint density at radius 2 is 1.67 bits per heavy atom. The van der Waals surface area contributed by atoms with Gasteiger partial charge in [-0.15, -0.1) is 0 Å². The molecule has 0 saturated heterocycles. The molecule has 156 valence electrons. The monoisotopic (exact) mass is 443 g/mol. The van der Waals surface area contributed by atoms with Gasteiger partial charge in [0.25, 0.3) is 16.0 Å². The van der Waals surface area contributed by atoms with Crippen molar-refractivity contribution in [1.82, 2.24) is 5.32 Å². The van der Waals surface area contributed by atoms with Crippen molar-refractivity contribution < 1.29 is 17.4 Å². The molecule has 1 amide bonds. The van der Waals surface area contributed by atoms with Crippen molar-refractivity contribution in [1.29, 1.82) is 0 Å². The minimum Gasteiger partial charge on any atom is -0.348 e. The van der Waals surface area contributed by atoms with Gasteiger partial charge in [-0.3, -0.25) is 8.98 Å². The van der Waals surface area contributed by atoms with E-state index < -0.39 is 10.1 Å². The molecule has 7 heteroatoms. The molecule has 0 unspecified atom stereocenters. The highest BCUT2D eigenvalue weighted by molar-refractivity contribution is 7.85. The minimum absolute atomic E-state index is 0.0398. The zero-order valence-corrected chi connectivity index (χ0v) is 18.0. The Labute approximate surface area is 181 Å². The lowest BCUT2D eigenvalue weighted by Gasteiger charge is -2.15. The molecule has 0 saturated carbocycles. The number of benzene rings is 3. The molecule has 0 heterocycles. The number of hydrogen-bond donors (Lipinski definition) is 1. The number of nitrogens with one attached hydrogen (secondary N) is 1. The van der Waals surface area contributed by atoms with E-state index in [4.69, 9.17) is 15.8 Å². The fraction of sp³-hybridized carbons (Fsp3) is 0.174. The Morgan fingerprint density at radius 1 is 0.967 bits per heavy atom. The first-order chi connectivity index (χ1) is 14.3. The zero-order valence-electron chi connectivity index (χ0n) is 16.5. The van der Waals surface area contributed by atoms with E-state index in [0.29, 0.717) is 22.7 Å². The Bertz CT molecular complexity index is 1110. The van der Waals surface area contributed by atoms with Crippen LogP contribution < -0.4 is 5.32 Å². The molecule has 0 atom stereocenters. The van der Waals surface area contributed by atoms with Crippen molar-refractivity contribution in [2.75, 3.05) is 12.9 Å². The maximum Gasteiger partial charge on any atom is 0.264 e. The van der Waals surface area contributed by atoms with Gasteiger partial charge < -0.3 is 5.32 Å². The van der Waals surface area contributed by atoms with Crippen LogP contribution in [0, 0.1) is 0 Å². The normalized spacial score (nSPS) is 11.3. The molecule has 5 nitrogen and oxygen atoms in total. The molecular formula is C23H22ClNO4S. The quantitative estimate of drug-likeness (QED) is 0.522. The molecule has 0 aliphatic carbocycles. The van der Waals surface area contributed by atoms with E-state index in [9.17, 15) is 13.2 Å². The van der Waals surface area contributed by atoms with E-state index in [1.807, 2.05) is 60.7 Å². The number of amides is 1. The second-order valence-electron chi connectivity index (χ2n) is 6.79. The highest BCUT2D eigenvalue weighted by Crippen LogP contribution is 2.28. The van der Waals surface area contributed by atoms with Gasteiger partial charge in [-0.25, -0.2) is 0 Å². The molecule has 0 fully saturated rings. The highest BCUT2D eigenvalue weighted by Gasteiger charge is 2.18. The van der Waals surface area contributed by atoms with Gasteiger partial charge in [-0.1, -0.05) is 72.3 Å². The summed E-state index contributed by atoms with van der Waals surface area (Å²) in [5.41, 5.74) is 3.77. The molecule has 0 bridgehead atoms. The zero-order chi connectivity index (χ0) is 21.6. The fourth-order valence-electron chi connectivity index (χ4n) is 3.12.